The standard InChI is InChI=1S/C5H7NS.2ClH/c1-6-5-3-2-4-7-5;;/h2-4,6H,1H3;2*1H. The summed E-state index contributed by atoms with van der Waals surface area (Å²) in [4.78, 5) is 0. The van der Waals surface area contributed by atoms with Gasteiger partial charge >= 0.3 is 0 Å². The molecule has 0 aliphatic rings. The molecule has 0 spiro atoms. The molecule has 1 N–H and O–H groups in total. The van der Waals surface area contributed by atoms with E-state index in [0.717, 1.165) is 0 Å². The first-order chi connectivity index (χ1) is 3.43. The fraction of sp³-hybridized carbons (Fsp3) is 0.200. The number of thiophene rings is 1. The molecule has 1 aromatic rings. The van der Waals surface area contributed by atoms with Crippen molar-refractivity contribution in [3.8, 4) is 0 Å². The van der Waals surface area contributed by atoms with Gasteiger partial charge in [0.2, 0.25) is 0 Å². The highest BCUT2D eigenvalue weighted by atomic mass is 35.5. The first-order valence-corrected chi connectivity index (χ1v) is 3.02. The Kier molecular flexibility index (Phi) is 8.15. The van der Waals surface area contributed by atoms with Crippen molar-refractivity contribution >= 4 is 41.2 Å². The molecule has 0 unspecified atom stereocenters. The van der Waals surface area contributed by atoms with Crippen LogP contribution in [-0.4, -0.2) is 7.05 Å². The highest BCUT2D eigenvalue weighted by Gasteiger charge is 1.80. The normalized spacial score (nSPS) is 6.78. The van der Waals surface area contributed by atoms with Gasteiger partial charge in [0.1, 0.15) is 0 Å². The Morgan fingerprint density at radius 3 is 2.33 bits per heavy atom. The van der Waals surface area contributed by atoms with Crippen LogP contribution in [0.25, 0.3) is 0 Å². The van der Waals surface area contributed by atoms with Crippen molar-refractivity contribution < 1.29 is 0 Å². The third-order valence-corrected chi connectivity index (χ3v) is 1.65. The Hall–Kier alpha value is 0.0800. The molecular weight excluding hydrogens is 177 g/mol. The molecule has 0 saturated heterocycles. The van der Waals surface area contributed by atoms with Gasteiger partial charge in [-0.05, 0) is 17.5 Å². The molecule has 1 rings (SSSR count). The van der Waals surface area contributed by atoms with E-state index in [2.05, 4.69) is 5.32 Å². The van der Waals surface area contributed by atoms with Crippen LogP contribution >= 0.6 is 36.2 Å². The van der Waals surface area contributed by atoms with Gasteiger partial charge in [0.15, 0.2) is 0 Å². The van der Waals surface area contributed by atoms with Crippen molar-refractivity contribution in [3.63, 3.8) is 0 Å². The maximum Gasteiger partial charge on any atom is 0.0879 e. The van der Waals surface area contributed by atoms with E-state index in [1.807, 2.05) is 24.6 Å². The summed E-state index contributed by atoms with van der Waals surface area (Å²) in [6.45, 7) is 0. The highest BCUT2D eigenvalue weighted by molar-refractivity contribution is 7.14. The lowest BCUT2D eigenvalue weighted by Gasteiger charge is -1.85. The molecule has 54 valence electrons. The zero-order valence-electron chi connectivity index (χ0n) is 4.96. The summed E-state index contributed by atoms with van der Waals surface area (Å²) in [6, 6.07) is 4.07. The van der Waals surface area contributed by atoms with E-state index in [-0.39, 0.29) is 24.8 Å². The maximum absolute atomic E-state index is 3.03. The minimum Gasteiger partial charge on any atom is -0.380 e. The second kappa shape index (κ2) is 6.20. The molecular formula is C5H9Cl2NS. The summed E-state index contributed by atoms with van der Waals surface area (Å²) in [5, 5.41) is 6.30. The Morgan fingerprint density at radius 2 is 2.11 bits per heavy atom. The average molecular weight is 186 g/mol. The van der Waals surface area contributed by atoms with Crippen LogP contribution in [0.2, 0.25) is 0 Å². The van der Waals surface area contributed by atoms with Gasteiger partial charge < -0.3 is 5.32 Å². The van der Waals surface area contributed by atoms with Gasteiger partial charge in [-0.3, -0.25) is 0 Å². The van der Waals surface area contributed by atoms with Gasteiger partial charge in [-0.2, -0.15) is 0 Å². The molecule has 1 heterocycles. The van der Waals surface area contributed by atoms with Gasteiger partial charge in [-0.25, -0.2) is 0 Å². The van der Waals surface area contributed by atoms with Crippen LogP contribution in [0, 0.1) is 0 Å². The van der Waals surface area contributed by atoms with Gasteiger partial charge in [0, 0.05) is 7.05 Å². The number of rotatable bonds is 1. The van der Waals surface area contributed by atoms with Crippen molar-refractivity contribution in [2.45, 2.75) is 0 Å². The summed E-state index contributed by atoms with van der Waals surface area (Å²) in [5.41, 5.74) is 0. The topological polar surface area (TPSA) is 12.0 Å². The summed E-state index contributed by atoms with van der Waals surface area (Å²) in [6.07, 6.45) is 0. The summed E-state index contributed by atoms with van der Waals surface area (Å²) < 4.78 is 0. The van der Waals surface area contributed by atoms with Gasteiger partial charge in [0.25, 0.3) is 0 Å². The second-order valence-electron chi connectivity index (χ2n) is 1.23. The van der Waals surface area contributed by atoms with Gasteiger partial charge in [-0.1, -0.05) is 0 Å². The van der Waals surface area contributed by atoms with Crippen LogP contribution in [0.4, 0.5) is 5.00 Å². The molecule has 0 aliphatic carbocycles. The van der Waals surface area contributed by atoms with Crippen molar-refractivity contribution in [1.82, 2.24) is 0 Å². The fourth-order valence-electron chi connectivity index (χ4n) is 0.421. The number of hydrogen-bond acceptors (Lipinski definition) is 2. The molecule has 1 nitrogen and oxygen atoms in total. The van der Waals surface area contributed by atoms with Crippen LogP contribution in [0.15, 0.2) is 17.5 Å². The highest BCUT2D eigenvalue weighted by Crippen LogP contribution is 2.12. The monoisotopic (exact) mass is 185 g/mol. The summed E-state index contributed by atoms with van der Waals surface area (Å²) in [7, 11) is 1.92. The van der Waals surface area contributed by atoms with Crippen LogP contribution in [0.1, 0.15) is 0 Å². The molecule has 1 aromatic heterocycles. The molecule has 0 amide bonds. The largest absolute Gasteiger partial charge is 0.380 e. The van der Waals surface area contributed by atoms with Crippen molar-refractivity contribution in [3.05, 3.63) is 17.5 Å². The van der Waals surface area contributed by atoms with E-state index < -0.39 is 0 Å². The number of halogens is 2. The van der Waals surface area contributed by atoms with E-state index >= 15 is 0 Å². The minimum absolute atomic E-state index is 0. The third kappa shape index (κ3) is 3.62. The van der Waals surface area contributed by atoms with Crippen LogP contribution in [0.5, 0.6) is 0 Å². The molecule has 0 aromatic carbocycles. The quantitative estimate of drug-likeness (QED) is 0.710. The molecule has 0 bridgehead atoms. The maximum atomic E-state index is 3.03. The minimum atomic E-state index is 0. The van der Waals surface area contributed by atoms with E-state index in [9.17, 15) is 0 Å². The third-order valence-electron chi connectivity index (χ3n) is 0.768. The van der Waals surface area contributed by atoms with Crippen molar-refractivity contribution in [2.75, 3.05) is 12.4 Å². The smallest absolute Gasteiger partial charge is 0.0879 e. The predicted octanol–water partition coefficient (Wildman–Crippen LogP) is 2.63. The Labute approximate surface area is 71.3 Å². The van der Waals surface area contributed by atoms with Gasteiger partial charge in [-0.15, -0.1) is 36.2 Å². The summed E-state index contributed by atoms with van der Waals surface area (Å²) >= 11 is 1.71. The van der Waals surface area contributed by atoms with Crippen LogP contribution in [-0.2, 0) is 0 Å². The zero-order valence-corrected chi connectivity index (χ0v) is 7.41. The molecule has 9 heavy (non-hydrogen) atoms. The first kappa shape index (κ1) is 11.8. The average Bonchev–Trinajstić information content (AvgIpc) is 2.14. The van der Waals surface area contributed by atoms with E-state index in [0.29, 0.717) is 0 Å². The molecule has 0 saturated carbocycles. The SMILES string of the molecule is CNc1cccs1.Cl.Cl. The Morgan fingerprint density at radius 1 is 1.44 bits per heavy atom. The Bertz CT molecular complexity index is 130. The molecule has 4 heteroatoms. The Balaban J connectivity index is 0. The van der Waals surface area contributed by atoms with Crippen molar-refractivity contribution in [2.24, 2.45) is 0 Å². The number of anilines is 1. The first-order valence-electron chi connectivity index (χ1n) is 2.15. The molecule has 0 fully saturated rings. The van der Waals surface area contributed by atoms with Crippen LogP contribution in [0.3, 0.4) is 0 Å². The van der Waals surface area contributed by atoms with Crippen molar-refractivity contribution in [1.29, 1.82) is 0 Å². The predicted molar refractivity (Wildman–Crippen MR) is 48.4 cm³/mol. The number of hydrogen-bond donors (Lipinski definition) is 1. The zero-order chi connectivity index (χ0) is 5.11. The fourth-order valence-corrected chi connectivity index (χ4v) is 1.000. The number of nitrogens with one attached hydrogen (secondary N) is 1. The lowest BCUT2D eigenvalue weighted by Crippen LogP contribution is -1.79. The molecule has 0 radical (unpaired) electrons. The summed E-state index contributed by atoms with van der Waals surface area (Å²) in [5.74, 6) is 0. The van der Waals surface area contributed by atoms with E-state index in [1.54, 1.807) is 11.3 Å². The lowest BCUT2D eigenvalue weighted by molar-refractivity contribution is 1.60. The lowest BCUT2D eigenvalue weighted by atomic mass is 10.6. The van der Waals surface area contributed by atoms with Gasteiger partial charge in [0.05, 0.1) is 5.00 Å². The molecule has 0 aliphatic heterocycles. The van der Waals surface area contributed by atoms with E-state index in [1.165, 1.54) is 5.00 Å². The van der Waals surface area contributed by atoms with E-state index in [4.69, 9.17) is 0 Å². The second-order valence-corrected chi connectivity index (χ2v) is 2.17. The molecule has 0 atom stereocenters. The van der Waals surface area contributed by atoms with Crippen LogP contribution < -0.4 is 5.32 Å².